The first kappa shape index (κ1) is 13.5. The number of carbonyl (C=O) groups excluding carboxylic acids is 1. The molecule has 0 aliphatic carbocycles. The Morgan fingerprint density at radius 1 is 1.50 bits per heavy atom. The summed E-state index contributed by atoms with van der Waals surface area (Å²) in [7, 11) is 2.97. The van der Waals surface area contributed by atoms with Gasteiger partial charge in [-0.1, -0.05) is 32.6 Å². The van der Waals surface area contributed by atoms with Crippen LogP contribution in [0.3, 0.4) is 0 Å². The molecule has 1 amide bonds. The first-order chi connectivity index (χ1) is 5.72. The number of hydrogen-bond donors (Lipinski definition) is 0. The minimum absolute atomic E-state index is 0.206. The van der Waals surface area contributed by atoms with E-state index >= 15 is 0 Å². The second kappa shape index (κ2) is 9.91. The van der Waals surface area contributed by atoms with Crippen LogP contribution in [0.1, 0.15) is 13.8 Å². The lowest BCUT2D eigenvalue weighted by atomic mass is 10.4. The lowest BCUT2D eigenvalue weighted by Crippen LogP contribution is -2.22. The van der Waals surface area contributed by atoms with Crippen molar-refractivity contribution in [2.24, 2.45) is 0 Å². The quantitative estimate of drug-likeness (QED) is 0.368. The van der Waals surface area contributed by atoms with Crippen LogP contribution in [0.25, 0.3) is 0 Å². The first-order valence-electron chi connectivity index (χ1n) is 3.83. The second-order valence-electron chi connectivity index (χ2n) is 1.61. The van der Waals surface area contributed by atoms with Gasteiger partial charge in [-0.3, -0.25) is 9.63 Å². The molecule has 0 aromatic rings. The molecule has 0 aliphatic heterocycles. The zero-order valence-electron chi connectivity index (χ0n) is 8.20. The van der Waals surface area contributed by atoms with Crippen molar-refractivity contribution in [2.45, 2.75) is 13.8 Å². The van der Waals surface area contributed by atoms with Crippen molar-refractivity contribution in [1.82, 2.24) is 5.06 Å². The van der Waals surface area contributed by atoms with Gasteiger partial charge in [0.25, 0.3) is 5.91 Å². The van der Waals surface area contributed by atoms with Gasteiger partial charge in [0.05, 0.1) is 7.11 Å². The van der Waals surface area contributed by atoms with E-state index < -0.39 is 0 Å². The summed E-state index contributed by atoms with van der Waals surface area (Å²) in [6.45, 7) is 7.42. The van der Waals surface area contributed by atoms with Gasteiger partial charge < -0.3 is 0 Å². The molecule has 0 heterocycles. The van der Waals surface area contributed by atoms with Crippen molar-refractivity contribution in [1.29, 1.82) is 0 Å². The normalized spacial score (nSPS) is 8.67. The number of amides is 1. The molecule has 0 spiro atoms. The average molecular weight is 171 g/mol. The predicted molar refractivity (Wildman–Crippen MR) is 50.5 cm³/mol. The molecule has 0 radical (unpaired) electrons. The summed E-state index contributed by atoms with van der Waals surface area (Å²) in [6.07, 6.45) is 4.45. The number of hydroxylamine groups is 2. The lowest BCUT2D eigenvalue weighted by Gasteiger charge is -2.09. The molecule has 0 saturated heterocycles. The number of carbonyl (C=O) groups is 1. The van der Waals surface area contributed by atoms with Crippen molar-refractivity contribution in [3.63, 3.8) is 0 Å². The fraction of sp³-hybridized carbons (Fsp3) is 0.444. The molecule has 0 aliphatic rings. The van der Waals surface area contributed by atoms with Gasteiger partial charge in [0.2, 0.25) is 0 Å². The maximum Gasteiger partial charge on any atom is 0.269 e. The molecule has 0 unspecified atom stereocenters. The van der Waals surface area contributed by atoms with E-state index in [0.717, 1.165) is 5.06 Å². The van der Waals surface area contributed by atoms with Gasteiger partial charge in [-0.2, -0.15) is 0 Å². The summed E-state index contributed by atoms with van der Waals surface area (Å²) < 4.78 is 0. The van der Waals surface area contributed by atoms with Crippen molar-refractivity contribution < 1.29 is 9.63 Å². The van der Waals surface area contributed by atoms with Crippen LogP contribution in [-0.2, 0) is 9.63 Å². The zero-order valence-corrected chi connectivity index (χ0v) is 8.20. The standard InChI is InChI=1S/C7H11NO2.C2H6/c1-4-5-6-7(9)8(2)10-3;1-2/h4-6H,1H2,2-3H3;1-2H3/b6-5+;. The fourth-order valence-corrected chi connectivity index (χ4v) is 0.345. The second-order valence-corrected chi connectivity index (χ2v) is 1.61. The van der Waals surface area contributed by atoms with Crippen molar-refractivity contribution >= 4 is 5.91 Å². The fourth-order valence-electron chi connectivity index (χ4n) is 0.345. The third-order valence-corrected chi connectivity index (χ3v) is 0.959. The van der Waals surface area contributed by atoms with Crippen LogP contribution in [0.15, 0.2) is 24.8 Å². The molecule has 12 heavy (non-hydrogen) atoms. The van der Waals surface area contributed by atoms with Crippen molar-refractivity contribution in [2.75, 3.05) is 14.2 Å². The molecule has 0 atom stereocenters. The maximum absolute atomic E-state index is 10.8. The summed E-state index contributed by atoms with van der Waals surface area (Å²) >= 11 is 0. The molecule has 0 bridgehead atoms. The van der Waals surface area contributed by atoms with E-state index in [-0.39, 0.29) is 5.91 Å². The molecular formula is C9H17NO2. The van der Waals surface area contributed by atoms with Crippen LogP contribution in [-0.4, -0.2) is 25.1 Å². The Balaban J connectivity index is 0. The molecular weight excluding hydrogens is 154 g/mol. The Kier molecular flexibility index (Phi) is 11.1. The highest BCUT2D eigenvalue weighted by molar-refractivity contribution is 5.86. The Bertz CT molecular complexity index is 153. The van der Waals surface area contributed by atoms with E-state index in [4.69, 9.17) is 0 Å². The smallest absolute Gasteiger partial charge is 0.269 e. The van der Waals surface area contributed by atoms with Gasteiger partial charge in [-0.05, 0) is 0 Å². The molecule has 70 valence electrons. The predicted octanol–water partition coefficient (Wildman–Crippen LogP) is 1.77. The molecule has 0 fully saturated rings. The highest BCUT2D eigenvalue weighted by atomic mass is 16.7. The summed E-state index contributed by atoms with van der Waals surface area (Å²) in [5.41, 5.74) is 0. The van der Waals surface area contributed by atoms with E-state index in [9.17, 15) is 4.79 Å². The van der Waals surface area contributed by atoms with Gasteiger partial charge >= 0.3 is 0 Å². The summed E-state index contributed by atoms with van der Waals surface area (Å²) in [4.78, 5) is 15.4. The maximum atomic E-state index is 10.8. The zero-order chi connectivity index (χ0) is 9.98. The van der Waals surface area contributed by atoms with E-state index in [0.29, 0.717) is 0 Å². The number of hydrogen-bond acceptors (Lipinski definition) is 2. The summed E-state index contributed by atoms with van der Waals surface area (Å²) in [5.74, 6) is -0.206. The number of nitrogens with zero attached hydrogens (tertiary/aromatic N) is 1. The largest absolute Gasteiger partial charge is 0.274 e. The van der Waals surface area contributed by atoms with E-state index in [2.05, 4.69) is 11.4 Å². The molecule has 0 rings (SSSR count). The monoisotopic (exact) mass is 171 g/mol. The van der Waals surface area contributed by atoms with Gasteiger partial charge in [0.15, 0.2) is 0 Å². The first-order valence-corrected chi connectivity index (χ1v) is 3.83. The Morgan fingerprint density at radius 2 is 2.00 bits per heavy atom. The van der Waals surface area contributed by atoms with Crippen LogP contribution in [0, 0.1) is 0 Å². The molecule has 0 aromatic carbocycles. The van der Waals surface area contributed by atoms with Gasteiger partial charge in [0.1, 0.15) is 0 Å². The Morgan fingerprint density at radius 3 is 2.33 bits per heavy atom. The van der Waals surface area contributed by atoms with Gasteiger partial charge in [-0.15, -0.1) is 0 Å². The highest BCUT2D eigenvalue weighted by Gasteiger charge is 1.99. The van der Waals surface area contributed by atoms with Crippen LogP contribution in [0.2, 0.25) is 0 Å². The number of allylic oxidation sites excluding steroid dienone is 2. The topological polar surface area (TPSA) is 29.5 Å². The molecule has 3 nitrogen and oxygen atoms in total. The Hall–Kier alpha value is -1.09. The van der Waals surface area contributed by atoms with E-state index in [1.165, 1.54) is 26.3 Å². The molecule has 0 N–H and O–H groups in total. The van der Waals surface area contributed by atoms with E-state index in [1.807, 2.05) is 13.8 Å². The minimum Gasteiger partial charge on any atom is -0.274 e. The third-order valence-electron chi connectivity index (χ3n) is 0.959. The Labute approximate surface area is 74.3 Å². The van der Waals surface area contributed by atoms with Crippen LogP contribution >= 0.6 is 0 Å². The van der Waals surface area contributed by atoms with Crippen LogP contribution in [0.4, 0.5) is 0 Å². The summed E-state index contributed by atoms with van der Waals surface area (Å²) in [5, 5.41) is 1.12. The molecule has 0 saturated carbocycles. The summed E-state index contributed by atoms with van der Waals surface area (Å²) in [6, 6.07) is 0. The van der Waals surface area contributed by atoms with E-state index in [1.54, 1.807) is 6.08 Å². The average Bonchev–Trinajstić information content (AvgIpc) is 2.16. The molecule has 3 heteroatoms. The van der Waals surface area contributed by atoms with Crippen molar-refractivity contribution in [3.8, 4) is 0 Å². The molecule has 0 aromatic heterocycles. The lowest BCUT2D eigenvalue weighted by molar-refractivity contribution is -0.162. The number of rotatable bonds is 3. The van der Waals surface area contributed by atoms with Gasteiger partial charge in [0, 0.05) is 13.1 Å². The minimum atomic E-state index is -0.206. The highest BCUT2D eigenvalue weighted by Crippen LogP contribution is 1.85. The SMILES string of the molecule is C=C/C=C/C(=O)N(C)OC.CC. The number of likely N-dealkylation sites (N-methyl/N-ethyl adjacent to an activating group) is 1. The van der Waals surface area contributed by atoms with Gasteiger partial charge in [-0.25, -0.2) is 5.06 Å². The third kappa shape index (κ3) is 7.02. The van der Waals surface area contributed by atoms with Crippen LogP contribution < -0.4 is 0 Å². The van der Waals surface area contributed by atoms with Crippen LogP contribution in [0.5, 0.6) is 0 Å². The van der Waals surface area contributed by atoms with Crippen molar-refractivity contribution in [3.05, 3.63) is 24.8 Å².